The second kappa shape index (κ2) is 17.5. The van der Waals surface area contributed by atoms with Gasteiger partial charge in [0.1, 0.15) is 28.8 Å². The van der Waals surface area contributed by atoms with Crippen LogP contribution in [-0.2, 0) is 23.8 Å². The minimum atomic E-state index is -2.78. The van der Waals surface area contributed by atoms with E-state index in [2.05, 4.69) is 39.9 Å². The van der Waals surface area contributed by atoms with Crippen LogP contribution >= 0.6 is 11.6 Å². The zero-order chi connectivity index (χ0) is 45.1. The standard InChI is InChI=1S/C48H54ClF2N7O7/c1-63-46(61)54-40(29-11-15-48(50,51)16-12-29)45(60)58-36-21-32(36)23-38(58)43-53-39(42(49)56-43)28-9-7-26(8-10-28)25-3-5-27(6-4-25)33-19-34(52-24-33)37-22-31-20-35(31)57(37)44(59)41(55-47(62)64-2)30-13-17-65-18-14-30/h3-10,24,29-32,35-38,40-41H,11-23H2,1-2H3,(H,53,56)(H,54,61)(H,55,62)/t31-,32-,35-,36-,37+,38+,40+,41+/m1/s1. The fourth-order valence-corrected chi connectivity index (χ4v) is 11.5. The summed E-state index contributed by atoms with van der Waals surface area (Å²) in [6, 6.07) is 14.3. The second-order valence-corrected chi connectivity index (χ2v) is 19.3. The summed E-state index contributed by atoms with van der Waals surface area (Å²) in [5, 5.41) is 5.88. The lowest BCUT2D eigenvalue weighted by Gasteiger charge is -2.37. The van der Waals surface area contributed by atoms with Gasteiger partial charge in [0, 0.05) is 62.0 Å². The molecule has 0 spiro atoms. The number of hydrogen-bond acceptors (Lipinski definition) is 9. The highest BCUT2D eigenvalue weighted by Gasteiger charge is 2.58. The molecule has 17 heteroatoms. The highest BCUT2D eigenvalue weighted by atomic mass is 35.5. The summed E-state index contributed by atoms with van der Waals surface area (Å²) >= 11 is 6.80. The van der Waals surface area contributed by atoms with E-state index in [0.29, 0.717) is 61.5 Å². The Bertz CT molecular complexity index is 2390. The number of carbonyl (C=O) groups is 4. The number of hydrogen-bond donors (Lipinski definition) is 3. The lowest BCUT2D eigenvalue weighted by Crippen LogP contribution is -2.56. The molecule has 0 radical (unpaired) electrons. The molecule has 3 saturated heterocycles. The monoisotopic (exact) mass is 913 g/mol. The highest BCUT2D eigenvalue weighted by molar-refractivity contribution is 6.32. The van der Waals surface area contributed by atoms with Crippen LogP contribution in [0.15, 0.2) is 59.7 Å². The largest absolute Gasteiger partial charge is 0.453 e. The van der Waals surface area contributed by atoms with Crippen LogP contribution in [-0.4, -0.2) is 113 Å². The molecule has 5 heterocycles. The first-order valence-corrected chi connectivity index (χ1v) is 23.3. The van der Waals surface area contributed by atoms with Crippen LogP contribution in [0, 0.1) is 23.7 Å². The van der Waals surface area contributed by atoms with Crippen LogP contribution in [0.25, 0.3) is 28.0 Å². The van der Waals surface area contributed by atoms with Crippen LogP contribution in [0.3, 0.4) is 0 Å². The number of alkyl halides is 2. The third kappa shape index (κ3) is 8.63. The molecule has 1 aromatic heterocycles. The molecule has 14 nitrogen and oxygen atoms in total. The third-order valence-corrected chi connectivity index (χ3v) is 15.3. The minimum absolute atomic E-state index is 0.0191. The van der Waals surface area contributed by atoms with Crippen LogP contribution in [0.2, 0.25) is 5.15 Å². The number of aliphatic imine (C=N–C) groups is 1. The van der Waals surface area contributed by atoms with Gasteiger partial charge in [0.05, 0.1) is 26.3 Å². The van der Waals surface area contributed by atoms with Gasteiger partial charge in [-0.15, -0.1) is 0 Å². The molecule has 3 N–H and O–H groups in total. The first kappa shape index (κ1) is 43.5. The van der Waals surface area contributed by atoms with Crippen LogP contribution < -0.4 is 10.6 Å². The summed E-state index contributed by atoms with van der Waals surface area (Å²) in [6.45, 7) is 1.12. The fraction of sp³-hybridized carbons (Fsp3) is 0.542. The molecule has 3 saturated carbocycles. The number of allylic oxidation sites excluding steroid dienone is 1. The molecular formula is C48H54ClF2N7O7. The number of nitrogens with zero attached hydrogens (tertiary/aromatic N) is 4. The lowest BCUT2D eigenvalue weighted by atomic mass is 9.81. The van der Waals surface area contributed by atoms with Crippen molar-refractivity contribution in [2.24, 2.45) is 28.7 Å². The van der Waals surface area contributed by atoms with E-state index in [-0.39, 0.29) is 67.5 Å². The van der Waals surface area contributed by atoms with E-state index in [1.165, 1.54) is 14.2 Å². The number of nitrogens with one attached hydrogen (secondary N) is 3. The molecule has 0 unspecified atom stereocenters. The van der Waals surface area contributed by atoms with Gasteiger partial charge in [0.25, 0.3) is 0 Å². The predicted octanol–water partition coefficient (Wildman–Crippen LogP) is 7.94. The number of likely N-dealkylation sites (tertiary alicyclic amines) is 2. The maximum Gasteiger partial charge on any atom is 0.407 e. The number of carbonyl (C=O) groups excluding carboxylic acids is 4. The number of alkyl carbamates (subject to hydrolysis) is 2. The van der Waals surface area contributed by atoms with Crippen molar-refractivity contribution in [1.82, 2.24) is 30.4 Å². The number of imidazole rings is 1. The third-order valence-electron chi connectivity index (χ3n) is 15.0. The Morgan fingerprint density at radius 1 is 0.754 bits per heavy atom. The van der Waals surface area contributed by atoms with Gasteiger partial charge < -0.3 is 39.6 Å². The smallest absolute Gasteiger partial charge is 0.407 e. The van der Waals surface area contributed by atoms with Gasteiger partial charge >= 0.3 is 12.2 Å². The van der Waals surface area contributed by atoms with Crippen molar-refractivity contribution < 1.29 is 42.2 Å². The molecule has 7 aliphatic rings. The van der Waals surface area contributed by atoms with Crippen molar-refractivity contribution in [2.75, 3.05) is 27.4 Å². The number of halogens is 3. The molecule has 10 rings (SSSR count). The Hall–Kier alpha value is -5.35. The van der Waals surface area contributed by atoms with Gasteiger partial charge in [0.2, 0.25) is 17.7 Å². The molecule has 65 heavy (non-hydrogen) atoms. The number of amides is 4. The van der Waals surface area contributed by atoms with Crippen molar-refractivity contribution in [3.8, 4) is 22.4 Å². The summed E-state index contributed by atoms with van der Waals surface area (Å²) in [7, 11) is 2.53. The Balaban J connectivity index is 0.791. The van der Waals surface area contributed by atoms with Crippen molar-refractivity contribution in [3.63, 3.8) is 0 Å². The van der Waals surface area contributed by atoms with E-state index in [4.69, 9.17) is 35.8 Å². The predicted molar refractivity (Wildman–Crippen MR) is 237 cm³/mol. The molecule has 2 aromatic carbocycles. The Morgan fingerprint density at radius 3 is 1.83 bits per heavy atom. The normalized spacial score (nSPS) is 27.8. The maximum atomic E-state index is 14.3. The molecule has 6 fully saturated rings. The quantitative estimate of drug-likeness (QED) is 0.174. The van der Waals surface area contributed by atoms with Crippen molar-refractivity contribution in [3.05, 3.63) is 71.3 Å². The number of fused-ring (bicyclic) bond motifs is 2. The van der Waals surface area contributed by atoms with E-state index in [0.717, 1.165) is 52.8 Å². The lowest BCUT2D eigenvalue weighted by molar-refractivity contribution is -0.139. The summed E-state index contributed by atoms with van der Waals surface area (Å²) in [4.78, 5) is 70.1. The molecule has 4 aliphatic heterocycles. The average Bonchev–Trinajstić information content (AvgIpc) is 3.97. The van der Waals surface area contributed by atoms with Crippen molar-refractivity contribution >= 4 is 46.9 Å². The minimum Gasteiger partial charge on any atom is -0.453 e. The van der Waals surface area contributed by atoms with Crippen molar-refractivity contribution in [2.45, 2.75) is 113 Å². The number of benzene rings is 2. The van der Waals surface area contributed by atoms with E-state index >= 15 is 0 Å². The first-order valence-electron chi connectivity index (χ1n) is 22.9. The Morgan fingerprint density at radius 2 is 1.26 bits per heavy atom. The molecule has 3 aliphatic carbocycles. The number of aromatic nitrogens is 2. The zero-order valence-electron chi connectivity index (χ0n) is 36.4. The van der Waals surface area contributed by atoms with Crippen molar-refractivity contribution in [1.29, 1.82) is 0 Å². The molecule has 4 amide bonds. The number of piperidine rings is 2. The van der Waals surface area contributed by atoms with Crippen LogP contribution in [0.4, 0.5) is 18.4 Å². The maximum absolute atomic E-state index is 14.3. The first-order chi connectivity index (χ1) is 31.4. The summed E-state index contributed by atoms with van der Waals surface area (Å²) < 4.78 is 43.5. The number of H-pyrrole nitrogens is 1. The number of aromatic amines is 1. The Kier molecular flexibility index (Phi) is 11.7. The van der Waals surface area contributed by atoms with Gasteiger partial charge in [-0.3, -0.25) is 14.6 Å². The van der Waals surface area contributed by atoms with Gasteiger partial charge in [-0.25, -0.2) is 23.4 Å². The van der Waals surface area contributed by atoms with Crippen LogP contribution in [0.5, 0.6) is 0 Å². The fourth-order valence-electron chi connectivity index (χ4n) is 11.2. The summed E-state index contributed by atoms with van der Waals surface area (Å²) in [5.41, 5.74) is 6.49. The molecule has 8 atom stereocenters. The SMILES string of the molecule is COC(=O)N[C@H](C(=O)N1[C@@H]2C[C@@H]2C[C@H]1C1=NC=C(c2ccc(-c3ccc(-c4nc([C@@H]5C[C@H]6C[C@H]6N5C(=O)[C@@H](NC(=O)OC)C5CCC(F)(F)CC5)[nH]c4Cl)cc3)cc2)C1)C1CCOCC1. The topological polar surface area (TPSA) is 168 Å². The number of methoxy groups -OCH3 is 2. The van der Waals surface area contributed by atoms with Gasteiger partial charge in [0.15, 0.2) is 0 Å². The molecule has 344 valence electrons. The van der Waals surface area contributed by atoms with E-state index in [9.17, 15) is 28.0 Å². The number of ether oxygens (including phenoxy) is 3. The van der Waals surface area contributed by atoms with E-state index in [1.54, 1.807) is 4.90 Å². The second-order valence-electron chi connectivity index (χ2n) is 18.9. The van der Waals surface area contributed by atoms with Crippen LogP contribution in [0.1, 0.15) is 88.1 Å². The Labute approximate surface area is 380 Å². The summed E-state index contributed by atoms with van der Waals surface area (Å²) in [6.07, 6.45) is 5.52. The zero-order valence-corrected chi connectivity index (χ0v) is 37.2. The van der Waals surface area contributed by atoms with Gasteiger partial charge in [-0.1, -0.05) is 60.1 Å². The highest BCUT2D eigenvalue weighted by Crippen LogP contribution is 2.54. The molecule has 0 bridgehead atoms. The van der Waals surface area contributed by atoms with Gasteiger partial charge in [-0.2, -0.15) is 0 Å². The molecule has 3 aromatic rings. The number of rotatable bonds is 11. The average molecular weight is 914 g/mol. The van der Waals surface area contributed by atoms with E-state index in [1.807, 2.05) is 35.4 Å². The molecular weight excluding hydrogens is 860 g/mol. The summed E-state index contributed by atoms with van der Waals surface area (Å²) in [5.74, 6) is -2.33. The van der Waals surface area contributed by atoms with Gasteiger partial charge in [-0.05, 0) is 97.3 Å². The van der Waals surface area contributed by atoms with E-state index < -0.39 is 42.2 Å².